The normalized spacial score (nSPS) is 11.0. The van der Waals surface area contributed by atoms with Gasteiger partial charge in [-0.15, -0.1) is 0 Å². The molecule has 0 aliphatic rings. The Hall–Kier alpha value is -2.77. The molecular weight excluding hydrogens is 348 g/mol. The number of carbonyl (C=O) groups is 1. The maximum absolute atomic E-state index is 11.3. The van der Waals surface area contributed by atoms with E-state index in [-0.39, 0.29) is 10.3 Å². The van der Waals surface area contributed by atoms with Crippen molar-refractivity contribution in [3.8, 4) is 11.4 Å². The van der Waals surface area contributed by atoms with Gasteiger partial charge in [0.05, 0.1) is 11.8 Å². The molecule has 0 fully saturated rings. The highest BCUT2D eigenvalue weighted by molar-refractivity contribution is 7.71. The van der Waals surface area contributed by atoms with Crippen molar-refractivity contribution in [3.05, 3.63) is 69.5 Å². The maximum atomic E-state index is 11.3. The maximum Gasteiger partial charge on any atom is 0.336 e. The van der Waals surface area contributed by atoms with Gasteiger partial charge in [-0.1, -0.05) is 41.9 Å². The van der Waals surface area contributed by atoms with Gasteiger partial charge in [0.15, 0.2) is 5.82 Å². The summed E-state index contributed by atoms with van der Waals surface area (Å²) in [6.45, 7) is 0. The van der Waals surface area contributed by atoms with E-state index in [1.165, 1.54) is 17.0 Å². The second kappa shape index (κ2) is 6.77. The Kier molecular flexibility index (Phi) is 4.54. The van der Waals surface area contributed by atoms with Crippen molar-refractivity contribution in [1.29, 1.82) is 0 Å². The first-order valence-corrected chi connectivity index (χ1v) is 7.65. The van der Waals surface area contributed by atoms with Gasteiger partial charge in [0, 0.05) is 16.1 Å². The largest absolute Gasteiger partial charge is 0.478 e. The number of aromatic amines is 1. The van der Waals surface area contributed by atoms with E-state index >= 15 is 0 Å². The molecule has 120 valence electrons. The van der Waals surface area contributed by atoms with E-state index in [9.17, 15) is 9.90 Å². The van der Waals surface area contributed by atoms with E-state index in [1.807, 2.05) is 6.07 Å². The second-order valence-electron chi connectivity index (χ2n) is 4.81. The SMILES string of the molecule is O=C(O)c1ccccc1/C=N/n1c(-c2cccc(Cl)c2)n[nH]c1=S. The predicted octanol–water partition coefficient (Wildman–Crippen LogP) is 3.84. The van der Waals surface area contributed by atoms with E-state index in [4.69, 9.17) is 23.8 Å². The summed E-state index contributed by atoms with van der Waals surface area (Å²) in [5.41, 5.74) is 1.35. The van der Waals surface area contributed by atoms with Gasteiger partial charge in [-0.3, -0.25) is 0 Å². The first-order chi connectivity index (χ1) is 11.6. The number of rotatable bonds is 4. The molecule has 0 atom stereocenters. The number of carboxylic acids is 1. The monoisotopic (exact) mass is 358 g/mol. The van der Waals surface area contributed by atoms with Crippen LogP contribution in [0.25, 0.3) is 11.4 Å². The minimum Gasteiger partial charge on any atom is -0.478 e. The summed E-state index contributed by atoms with van der Waals surface area (Å²) < 4.78 is 1.70. The smallest absolute Gasteiger partial charge is 0.336 e. The molecular formula is C16H11ClN4O2S. The molecule has 0 amide bonds. The number of nitrogens with zero attached hydrogens (tertiary/aromatic N) is 3. The molecule has 1 heterocycles. The van der Waals surface area contributed by atoms with Crippen molar-refractivity contribution in [3.63, 3.8) is 0 Å². The molecule has 0 saturated heterocycles. The fraction of sp³-hybridized carbons (Fsp3) is 0. The highest BCUT2D eigenvalue weighted by atomic mass is 35.5. The first-order valence-electron chi connectivity index (χ1n) is 6.86. The Morgan fingerprint density at radius 2 is 2.08 bits per heavy atom. The third kappa shape index (κ3) is 3.27. The van der Waals surface area contributed by atoms with Crippen LogP contribution in [-0.4, -0.2) is 32.2 Å². The number of hydrogen-bond donors (Lipinski definition) is 2. The summed E-state index contributed by atoms with van der Waals surface area (Å²) in [5, 5.41) is 20.9. The Morgan fingerprint density at radius 1 is 1.29 bits per heavy atom. The van der Waals surface area contributed by atoms with E-state index in [0.717, 1.165) is 5.56 Å². The first kappa shape index (κ1) is 16.1. The lowest BCUT2D eigenvalue weighted by molar-refractivity contribution is 0.0697. The molecule has 0 aliphatic carbocycles. The summed E-state index contributed by atoms with van der Waals surface area (Å²) in [6.07, 6.45) is 1.43. The molecule has 0 saturated carbocycles. The highest BCUT2D eigenvalue weighted by Gasteiger charge is 2.10. The molecule has 1 aromatic heterocycles. The number of aromatic nitrogens is 3. The third-order valence-electron chi connectivity index (χ3n) is 3.24. The third-order valence-corrected chi connectivity index (χ3v) is 3.74. The Balaban J connectivity index is 2.05. The van der Waals surface area contributed by atoms with Crippen LogP contribution < -0.4 is 0 Å². The van der Waals surface area contributed by atoms with Crippen LogP contribution in [0.1, 0.15) is 15.9 Å². The van der Waals surface area contributed by atoms with E-state index < -0.39 is 5.97 Å². The lowest BCUT2D eigenvalue weighted by Gasteiger charge is -2.02. The van der Waals surface area contributed by atoms with Crippen LogP contribution in [0.2, 0.25) is 5.02 Å². The molecule has 0 aliphatic heterocycles. The van der Waals surface area contributed by atoms with Gasteiger partial charge < -0.3 is 5.11 Å². The zero-order valence-corrected chi connectivity index (χ0v) is 13.8. The molecule has 0 radical (unpaired) electrons. The summed E-state index contributed by atoms with van der Waals surface area (Å²) in [4.78, 5) is 11.3. The molecule has 6 nitrogen and oxygen atoms in total. The fourth-order valence-electron chi connectivity index (χ4n) is 2.14. The van der Waals surface area contributed by atoms with Gasteiger partial charge in [0.1, 0.15) is 0 Å². The van der Waals surface area contributed by atoms with Gasteiger partial charge >= 0.3 is 5.97 Å². The highest BCUT2D eigenvalue weighted by Crippen LogP contribution is 2.21. The number of nitrogens with one attached hydrogen (secondary N) is 1. The summed E-state index contributed by atoms with van der Waals surface area (Å²) in [5.74, 6) is -0.547. The molecule has 24 heavy (non-hydrogen) atoms. The average Bonchev–Trinajstić information content (AvgIpc) is 2.94. The molecule has 0 unspecified atom stereocenters. The number of H-pyrrole nitrogens is 1. The van der Waals surface area contributed by atoms with Crippen LogP contribution in [0.3, 0.4) is 0 Å². The van der Waals surface area contributed by atoms with Crippen molar-refractivity contribution >= 4 is 36.0 Å². The number of carboxylic acid groups (broad SMARTS) is 1. The van der Waals surface area contributed by atoms with E-state index in [1.54, 1.807) is 36.4 Å². The summed E-state index contributed by atoms with van der Waals surface area (Å²) in [7, 11) is 0. The second-order valence-corrected chi connectivity index (χ2v) is 5.63. The number of hydrogen-bond acceptors (Lipinski definition) is 4. The van der Waals surface area contributed by atoms with Crippen molar-refractivity contribution in [2.45, 2.75) is 0 Å². The molecule has 8 heteroatoms. The van der Waals surface area contributed by atoms with Crippen LogP contribution in [0, 0.1) is 4.77 Å². The van der Waals surface area contributed by atoms with Gasteiger partial charge in [0.2, 0.25) is 4.77 Å². The standard InChI is InChI=1S/C16H11ClN4O2S/c17-12-6-3-5-10(8-12)14-19-20-16(24)21(14)18-9-11-4-1-2-7-13(11)15(22)23/h1-9H,(H,20,24)(H,22,23)/b18-9+. The van der Waals surface area contributed by atoms with Gasteiger partial charge in [-0.05, 0) is 30.4 Å². The van der Waals surface area contributed by atoms with Crippen molar-refractivity contribution < 1.29 is 9.90 Å². The Bertz CT molecular complexity index is 993. The minimum atomic E-state index is -1.03. The lowest BCUT2D eigenvalue weighted by atomic mass is 10.1. The zero-order valence-electron chi connectivity index (χ0n) is 12.2. The van der Waals surface area contributed by atoms with Crippen LogP contribution in [0.15, 0.2) is 53.6 Å². The quantitative estimate of drug-likeness (QED) is 0.548. The number of halogens is 1. The van der Waals surface area contributed by atoms with Crippen molar-refractivity contribution in [2.24, 2.45) is 5.10 Å². The molecule has 2 aromatic carbocycles. The Labute approximate surface area is 147 Å². The average molecular weight is 359 g/mol. The van der Waals surface area contributed by atoms with Gasteiger partial charge in [0.25, 0.3) is 0 Å². The number of aromatic carboxylic acids is 1. The molecule has 2 N–H and O–H groups in total. The molecule has 0 bridgehead atoms. The number of benzene rings is 2. The fourth-order valence-corrected chi connectivity index (χ4v) is 2.51. The van der Waals surface area contributed by atoms with Crippen molar-refractivity contribution in [1.82, 2.24) is 14.9 Å². The minimum absolute atomic E-state index is 0.153. The van der Waals surface area contributed by atoms with Crippen LogP contribution >= 0.6 is 23.8 Å². The summed E-state index contributed by atoms with van der Waals surface area (Å²) >= 11 is 11.2. The molecule has 3 aromatic rings. The van der Waals surface area contributed by atoms with E-state index in [2.05, 4.69) is 15.3 Å². The van der Waals surface area contributed by atoms with Crippen LogP contribution in [0.5, 0.6) is 0 Å². The molecule has 3 rings (SSSR count). The van der Waals surface area contributed by atoms with E-state index in [0.29, 0.717) is 16.4 Å². The predicted molar refractivity (Wildman–Crippen MR) is 94.3 cm³/mol. The van der Waals surface area contributed by atoms with Crippen LogP contribution in [-0.2, 0) is 0 Å². The molecule has 0 spiro atoms. The van der Waals surface area contributed by atoms with Crippen LogP contribution in [0.4, 0.5) is 0 Å². The topological polar surface area (TPSA) is 83.3 Å². The summed E-state index contributed by atoms with van der Waals surface area (Å²) in [6, 6.07) is 13.7. The zero-order chi connectivity index (χ0) is 17.1. The Morgan fingerprint density at radius 3 is 2.83 bits per heavy atom. The lowest BCUT2D eigenvalue weighted by Crippen LogP contribution is -2.02. The van der Waals surface area contributed by atoms with Gasteiger partial charge in [-0.2, -0.15) is 14.9 Å². The van der Waals surface area contributed by atoms with Crippen molar-refractivity contribution in [2.75, 3.05) is 0 Å². The van der Waals surface area contributed by atoms with Gasteiger partial charge in [-0.25, -0.2) is 9.89 Å².